The van der Waals surface area contributed by atoms with Crippen molar-refractivity contribution in [2.24, 2.45) is 5.41 Å². The van der Waals surface area contributed by atoms with Crippen molar-refractivity contribution in [1.82, 2.24) is 5.32 Å². The molecule has 0 aliphatic heterocycles. The lowest BCUT2D eigenvalue weighted by Crippen LogP contribution is -2.40. The molecule has 0 unspecified atom stereocenters. The Labute approximate surface area is 128 Å². The number of aryl methyl sites for hydroxylation is 1. The summed E-state index contributed by atoms with van der Waals surface area (Å²) in [5, 5.41) is 6.16. The van der Waals surface area contributed by atoms with Crippen LogP contribution in [0.3, 0.4) is 0 Å². The van der Waals surface area contributed by atoms with Crippen molar-refractivity contribution in [3.8, 4) is 0 Å². The van der Waals surface area contributed by atoms with Gasteiger partial charge in [-0.05, 0) is 41.7 Å². The molecular formula is C15H22BrNOS. The fourth-order valence-electron chi connectivity index (χ4n) is 2.82. The van der Waals surface area contributed by atoms with Gasteiger partial charge in [0.2, 0.25) is 0 Å². The van der Waals surface area contributed by atoms with E-state index in [1.165, 1.54) is 37.7 Å². The highest BCUT2D eigenvalue weighted by molar-refractivity contribution is 9.09. The molecule has 1 aromatic heterocycles. The van der Waals surface area contributed by atoms with Gasteiger partial charge in [-0.25, -0.2) is 0 Å². The molecule has 106 valence electrons. The van der Waals surface area contributed by atoms with Gasteiger partial charge in [0.1, 0.15) is 0 Å². The highest BCUT2D eigenvalue weighted by Crippen LogP contribution is 2.37. The first-order valence-corrected chi connectivity index (χ1v) is 9.11. The normalized spacial score (nSPS) is 18.2. The number of alkyl halides is 1. The number of rotatable bonds is 5. The van der Waals surface area contributed by atoms with Crippen molar-refractivity contribution in [3.63, 3.8) is 0 Å². The molecule has 1 aliphatic rings. The first-order chi connectivity index (χ1) is 9.21. The van der Waals surface area contributed by atoms with Gasteiger partial charge in [-0.3, -0.25) is 4.79 Å². The number of carbonyl (C=O) groups is 1. The molecule has 1 amide bonds. The fourth-order valence-corrected chi connectivity index (χ4v) is 4.49. The summed E-state index contributed by atoms with van der Waals surface area (Å²) in [6, 6.07) is 2.06. The number of halogens is 1. The van der Waals surface area contributed by atoms with E-state index >= 15 is 0 Å². The predicted molar refractivity (Wildman–Crippen MR) is 85.3 cm³/mol. The monoisotopic (exact) mass is 343 g/mol. The highest BCUT2D eigenvalue weighted by Gasteiger charge is 2.31. The molecule has 1 aliphatic carbocycles. The summed E-state index contributed by atoms with van der Waals surface area (Å²) in [6.07, 6.45) is 7.30. The Morgan fingerprint density at radius 2 is 2.16 bits per heavy atom. The number of carbonyl (C=O) groups excluding carboxylic acids is 1. The molecular weight excluding hydrogens is 322 g/mol. The third-order valence-corrected chi connectivity index (χ3v) is 6.30. The zero-order valence-electron chi connectivity index (χ0n) is 11.5. The Hall–Kier alpha value is -0.350. The van der Waals surface area contributed by atoms with E-state index < -0.39 is 0 Å². The maximum absolute atomic E-state index is 12.3. The second-order valence-electron chi connectivity index (χ2n) is 5.51. The van der Waals surface area contributed by atoms with Crippen LogP contribution in [-0.2, 0) is 6.42 Å². The van der Waals surface area contributed by atoms with Crippen molar-refractivity contribution < 1.29 is 4.79 Å². The first kappa shape index (κ1) is 15.0. The smallest absolute Gasteiger partial charge is 0.261 e. The number of thiophene rings is 1. The minimum absolute atomic E-state index is 0.109. The molecule has 0 aromatic carbocycles. The van der Waals surface area contributed by atoms with Gasteiger partial charge in [0.05, 0.1) is 4.88 Å². The van der Waals surface area contributed by atoms with Crippen LogP contribution in [-0.4, -0.2) is 17.8 Å². The zero-order chi connectivity index (χ0) is 13.7. The maximum Gasteiger partial charge on any atom is 0.261 e. The largest absolute Gasteiger partial charge is 0.351 e. The average Bonchev–Trinajstić information content (AvgIpc) is 2.94. The van der Waals surface area contributed by atoms with Crippen molar-refractivity contribution >= 4 is 33.2 Å². The minimum atomic E-state index is 0.109. The summed E-state index contributed by atoms with van der Waals surface area (Å²) in [5.41, 5.74) is 1.44. The lowest BCUT2D eigenvalue weighted by atomic mass is 9.75. The Kier molecular flexibility index (Phi) is 5.46. The summed E-state index contributed by atoms with van der Waals surface area (Å²) in [7, 11) is 0. The number of hydrogen-bond donors (Lipinski definition) is 1. The van der Waals surface area contributed by atoms with Gasteiger partial charge < -0.3 is 5.32 Å². The molecule has 0 saturated heterocycles. The maximum atomic E-state index is 12.3. The molecule has 1 fully saturated rings. The van der Waals surface area contributed by atoms with Gasteiger partial charge in [0.15, 0.2) is 0 Å². The van der Waals surface area contributed by atoms with Crippen molar-refractivity contribution in [3.05, 3.63) is 21.9 Å². The van der Waals surface area contributed by atoms with Crippen LogP contribution in [0.5, 0.6) is 0 Å². The highest BCUT2D eigenvalue weighted by atomic mass is 79.9. The SMILES string of the molecule is CCc1ccsc1C(=O)NCC1(CBr)CCCCC1. The zero-order valence-corrected chi connectivity index (χ0v) is 13.9. The summed E-state index contributed by atoms with van der Waals surface area (Å²) in [4.78, 5) is 13.2. The van der Waals surface area contributed by atoms with Crippen LogP contribution in [0.25, 0.3) is 0 Å². The van der Waals surface area contributed by atoms with Gasteiger partial charge in [-0.1, -0.05) is 42.1 Å². The van der Waals surface area contributed by atoms with Gasteiger partial charge >= 0.3 is 0 Å². The first-order valence-electron chi connectivity index (χ1n) is 7.11. The number of hydrogen-bond acceptors (Lipinski definition) is 2. The van der Waals surface area contributed by atoms with Gasteiger partial charge in [-0.2, -0.15) is 0 Å². The quantitative estimate of drug-likeness (QED) is 0.789. The summed E-state index contributed by atoms with van der Waals surface area (Å²) >= 11 is 5.20. The third kappa shape index (κ3) is 3.60. The molecule has 1 N–H and O–H groups in total. The van der Waals surface area contributed by atoms with Crippen LogP contribution in [0, 0.1) is 5.41 Å². The van der Waals surface area contributed by atoms with E-state index in [9.17, 15) is 4.79 Å². The molecule has 1 saturated carbocycles. The number of nitrogens with one attached hydrogen (secondary N) is 1. The molecule has 0 bridgehead atoms. The molecule has 1 heterocycles. The molecule has 4 heteroatoms. The summed E-state index contributed by atoms with van der Waals surface area (Å²) < 4.78 is 0. The second kappa shape index (κ2) is 6.89. The van der Waals surface area contributed by atoms with Crippen LogP contribution in [0.1, 0.15) is 54.3 Å². The van der Waals surface area contributed by atoms with Crippen molar-refractivity contribution in [1.29, 1.82) is 0 Å². The van der Waals surface area contributed by atoms with E-state index in [-0.39, 0.29) is 11.3 Å². The number of amides is 1. The van der Waals surface area contributed by atoms with E-state index in [0.29, 0.717) is 0 Å². The molecule has 2 rings (SSSR count). The summed E-state index contributed by atoms with van der Waals surface area (Å²) in [5.74, 6) is 0.109. The molecule has 0 atom stereocenters. The van der Waals surface area contributed by atoms with Gasteiger partial charge in [0.25, 0.3) is 5.91 Å². The minimum Gasteiger partial charge on any atom is -0.351 e. The van der Waals surface area contributed by atoms with Crippen molar-refractivity contribution in [2.45, 2.75) is 45.4 Å². The molecule has 19 heavy (non-hydrogen) atoms. The Bertz CT molecular complexity index is 424. The summed E-state index contributed by atoms with van der Waals surface area (Å²) in [6.45, 7) is 2.90. The van der Waals surface area contributed by atoms with E-state index in [0.717, 1.165) is 23.2 Å². The topological polar surface area (TPSA) is 29.1 Å². The van der Waals surface area contributed by atoms with E-state index in [1.54, 1.807) is 11.3 Å². The van der Waals surface area contributed by atoms with Crippen LogP contribution < -0.4 is 5.32 Å². The predicted octanol–water partition coefficient (Wildman–Crippen LogP) is 4.39. The Morgan fingerprint density at radius 3 is 2.79 bits per heavy atom. The van der Waals surface area contributed by atoms with E-state index in [4.69, 9.17) is 0 Å². The lowest BCUT2D eigenvalue weighted by Gasteiger charge is -2.35. The van der Waals surface area contributed by atoms with E-state index in [2.05, 4.69) is 34.2 Å². The second-order valence-corrected chi connectivity index (χ2v) is 6.98. The van der Waals surface area contributed by atoms with Crippen LogP contribution >= 0.6 is 27.3 Å². The molecule has 1 aromatic rings. The lowest BCUT2D eigenvalue weighted by molar-refractivity contribution is 0.0925. The molecule has 2 nitrogen and oxygen atoms in total. The fraction of sp³-hybridized carbons (Fsp3) is 0.667. The van der Waals surface area contributed by atoms with Crippen LogP contribution in [0.4, 0.5) is 0 Å². The average molecular weight is 344 g/mol. The van der Waals surface area contributed by atoms with Crippen LogP contribution in [0.2, 0.25) is 0 Å². The van der Waals surface area contributed by atoms with Gasteiger partial charge in [0, 0.05) is 11.9 Å². The molecule has 0 radical (unpaired) electrons. The van der Waals surface area contributed by atoms with E-state index in [1.807, 2.05) is 5.38 Å². The Morgan fingerprint density at radius 1 is 1.42 bits per heavy atom. The van der Waals surface area contributed by atoms with Crippen LogP contribution in [0.15, 0.2) is 11.4 Å². The Balaban J connectivity index is 1.95. The third-order valence-electron chi connectivity index (χ3n) is 4.16. The van der Waals surface area contributed by atoms with Crippen molar-refractivity contribution in [2.75, 3.05) is 11.9 Å². The molecule has 0 spiro atoms. The van der Waals surface area contributed by atoms with Gasteiger partial charge in [-0.15, -0.1) is 11.3 Å². The standard InChI is InChI=1S/C15H22BrNOS/c1-2-12-6-9-19-13(12)14(18)17-11-15(10-16)7-4-3-5-8-15/h6,9H,2-5,7-8,10-11H2,1H3,(H,17,18).